The van der Waals surface area contributed by atoms with Gasteiger partial charge in [-0.2, -0.15) is 5.26 Å². The molecule has 1 N–H and O–H groups in total. The Bertz CT molecular complexity index is 331. The molecule has 1 fully saturated rings. The van der Waals surface area contributed by atoms with E-state index in [-0.39, 0.29) is 6.04 Å². The smallest absolute Gasteiger partial charge is 0.130 e. The van der Waals surface area contributed by atoms with Gasteiger partial charge in [0.05, 0.1) is 6.07 Å². The number of thiophene rings is 1. The second-order valence-electron chi connectivity index (χ2n) is 4.43. The maximum atomic E-state index is 9.19. The number of nitrogens with one attached hydrogen (secondary N) is 1. The van der Waals surface area contributed by atoms with Gasteiger partial charge in [0.2, 0.25) is 0 Å². The Hall–Kier alpha value is -0.850. The van der Waals surface area contributed by atoms with Crippen LogP contribution in [0.3, 0.4) is 0 Å². The van der Waals surface area contributed by atoms with Gasteiger partial charge in [0.25, 0.3) is 0 Å². The lowest BCUT2D eigenvalue weighted by Gasteiger charge is -2.19. The van der Waals surface area contributed by atoms with Crippen LogP contribution >= 0.6 is 11.3 Å². The molecule has 2 rings (SSSR count). The van der Waals surface area contributed by atoms with Crippen LogP contribution in [0.5, 0.6) is 0 Å². The van der Waals surface area contributed by atoms with Crippen LogP contribution in [0.15, 0.2) is 17.5 Å². The lowest BCUT2D eigenvalue weighted by molar-refractivity contribution is 0.439. The van der Waals surface area contributed by atoms with Crippen molar-refractivity contribution in [2.24, 2.45) is 0 Å². The quantitative estimate of drug-likeness (QED) is 0.811. The fraction of sp³-hybridized carbons (Fsp3) is 0.615. The molecule has 1 aliphatic rings. The van der Waals surface area contributed by atoms with Gasteiger partial charge in [-0.05, 0) is 24.3 Å². The summed E-state index contributed by atoms with van der Waals surface area (Å²) < 4.78 is 0. The molecule has 86 valence electrons. The van der Waals surface area contributed by atoms with Gasteiger partial charge in [0.15, 0.2) is 0 Å². The number of hydrogen-bond acceptors (Lipinski definition) is 3. The zero-order valence-corrected chi connectivity index (χ0v) is 10.3. The van der Waals surface area contributed by atoms with E-state index in [9.17, 15) is 5.26 Å². The third-order valence-electron chi connectivity index (χ3n) is 3.21. The second-order valence-corrected chi connectivity index (χ2v) is 5.41. The normalized spacial score (nSPS) is 19.9. The van der Waals surface area contributed by atoms with E-state index in [0.29, 0.717) is 6.04 Å². The third-order valence-corrected chi connectivity index (χ3v) is 4.15. The van der Waals surface area contributed by atoms with Crippen LogP contribution in [0.4, 0.5) is 0 Å². The maximum absolute atomic E-state index is 9.19. The summed E-state index contributed by atoms with van der Waals surface area (Å²) in [5.74, 6) is 0. The van der Waals surface area contributed by atoms with E-state index in [1.165, 1.54) is 38.5 Å². The summed E-state index contributed by atoms with van der Waals surface area (Å²) in [6.07, 6.45) is 7.77. The highest BCUT2D eigenvalue weighted by molar-refractivity contribution is 7.10. The fourth-order valence-corrected chi connectivity index (χ4v) is 3.05. The molecule has 0 saturated heterocycles. The summed E-state index contributed by atoms with van der Waals surface area (Å²) >= 11 is 1.66. The summed E-state index contributed by atoms with van der Waals surface area (Å²) in [6, 6.07) is 6.86. The summed E-state index contributed by atoms with van der Waals surface area (Å²) in [5.41, 5.74) is 0. The number of rotatable bonds is 3. The molecule has 0 radical (unpaired) electrons. The van der Waals surface area contributed by atoms with E-state index in [1.807, 2.05) is 17.5 Å². The summed E-state index contributed by atoms with van der Waals surface area (Å²) in [4.78, 5) is 1.15. The lowest BCUT2D eigenvalue weighted by atomic mass is 10.1. The van der Waals surface area contributed by atoms with Crippen molar-refractivity contribution in [3.8, 4) is 6.07 Å². The first-order chi connectivity index (χ1) is 7.90. The minimum atomic E-state index is -0.108. The van der Waals surface area contributed by atoms with Crippen LogP contribution in [-0.4, -0.2) is 6.04 Å². The van der Waals surface area contributed by atoms with E-state index < -0.39 is 0 Å². The Balaban J connectivity index is 1.93. The molecule has 0 aromatic carbocycles. The zero-order chi connectivity index (χ0) is 11.2. The van der Waals surface area contributed by atoms with E-state index >= 15 is 0 Å². The van der Waals surface area contributed by atoms with Crippen LogP contribution in [-0.2, 0) is 0 Å². The standard InChI is InChI=1S/C13H18N2S/c14-10-12(13-8-5-9-16-13)15-11-6-3-1-2-4-7-11/h5,8-9,11-12,15H,1-4,6-7H2. The van der Waals surface area contributed by atoms with Gasteiger partial charge in [-0.1, -0.05) is 31.7 Å². The molecule has 1 aromatic rings. The molecule has 16 heavy (non-hydrogen) atoms. The number of hydrogen-bond donors (Lipinski definition) is 1. The molecule has 1 atom stereocenters. The van der Waals surface area contributed by atoms with Gasteiger partial charge >= 0.3 is 0 Å². The van der Waals surface area contributed by atoms with E-state index in [1.54, 1.807) is 11.3 Å². The van der Waals surface area contributed by atoms with Gasteiger partial charge in [0, 0.05) is 10.9 Å². The predicted molar refractivity (Wildman–Crippen MR) is 67.3 cm³/mol. The maximum Gasteiger partial charge on any atom is 0.130 e. The molecule has 3 heteroatoms. The van der Waals surface area contributed by atoms with Crippen LogP contribution in [0.25, 0.3) is 0 Å². The zero-order valence-electron chi connectivity index (χ0n) is 9.48. The van der Waals surface area contributed by atoms with E-state index in [4.69, 9.17) is 0 Å². The second kappa shape index (κ2) is 6.03. The Morgan fingerprint density at radius 2 is 2.06 bits per heavy atom. The van der Waals surface area contributed by atoms with Crippen molar-refractivity contribution in [3.63, 3.8) is 0 Å². The van der Waals surface area contributed by atoms with Crippen molar-refractivity contribution in [3.05, 3.63) is 22.4 Å². The average molecular weight is 234 g/mol. The van der Waals surface area contributed by atoms with Crippen molar-refractivity contribution in [2.45, 2.75) is 50.6 Å². The highest BCUT2D eigenvalue weighted by Gasteiger charge is 2.18. The first-order valence-electron chi connectivity index (χ1n) is 6.09. The van der Waals surface area contributed by atoms with Crippen LogP contribution in [0, 0.1) is 11.3 Å². The van der Waals surface area contributed by atoms with Crippen molar-refractivity contribution in [1.82, 2.24) is 5.32 Å². The molecule has 0 bridgehead atoms. The third kappa shape index (κ3) is 3.07. The van der Waals surface area contributed by atoms with Crippen molar-refractivity contribution in [1.29, 1.82) is 5.26 Å². The average Bonchev–Trinajstić information content (AvgIpc) is 2.71. The first-order valence-corrected chi connectivity index (χ1v) is 6.97. The summed E-state index contributed by atoms with van der Waals surface area (Å²) in [5, 5.41) is 14.7. The SMILES string of the molecule is N#CC(NC1CCCCCC1)c1cccs1. The van der Waals surface area contributed by atoms with Gasteiger partial charge in [-0.25, -0.2) is 0 Å². The van der Waals surface area contributed by atoms with Gasteiger partial charge in [-0.15, -0.1) is 11.3 Å². The lowest BCUT2D eigenvalue weighted by Crippen LogP contribution is -2.31. The summed E-state index contributed by atoms with van der Waals surface area (Å²) in [6.45, 7) is 0. The predicted octanol–water partition coefficient (Wildman–Crippen LogP) is 3.63. The monoisotopic (exact) mass is 234 g/mol. The number of nitrogens with zero attached hydrogens (tertiary/aromatic N) is 1. The van der Waals surface area contributed by atoms with Gasteiger partial charge in [0.1, 0.15) is 6.04 Å². The molecule has 2 nitrogen and oxygen atoms in total. The molecule has 0 spiro atoms. The van der Waals surface area contributed by atoms with Crippen LogP contribution in [0.1, 0.15) is 49.4 Å². The van der Waals surface area contributed by atoms with Crippen molar-refractivity contribution in [2.75, 3.05) is 0 Å². The van der Waals surface area contributed by atoms with Gasteiger partial charge in [-0.3, -0.25) is 5.32 Å². The van der Waals surface area contributed by atoms with Crippen molar-refractivity contribution >= 4 is 11.3 Å². The fourth-order valence-electron chi connectivity index (χ4n) is 2.32. The minimum absolute atomic E-state index is 0.108. The Morgan fingerprint density at radius 3 is 2.62 bits per heavy atom. The molecule has 0 aliphatic heterocycles. The van der Waals surface area contributed by atoms with Gasteiger partial charge < -0.3 is 0 Å². The topological polar surface area (TPSA) is 35.8 Å². The minimum Gasteiger partial charge on any atom is -0.295 e. The Kier molecular flexibility index (Phi) is 4.38. The molecular weight excluding hydrogens is 216 g/mol. The summed E-state index contributed by atoms with van der Waals surface area (Å²) in [7, 11) is 0. The Morgan fingerprint density at radius 1 is 1.31 bits per heavy atom. The molecule has 1 heterocycles. The molecule has 1 aliphatic carbocycles. The molecule has 1 unspecified atom stereocenters. The largest absolute Gasteiger partial charge is 0.295 e. The van der Waals surface area contributed by atoms with Crippen LogP contribution < -0.4 is 5.32 Å². The van der Waals surface area contributed by atoms with E-state index in [0.717, 1.165) is 4.88 Å². The molecule has 1 saturated carbocycles. The number of nitriles is 1. The molecule has 1 aromatic heterocycles. The first kappa shape index (κ1) is 11.6. The Labute approximate surface area is 101 Å². The highest BCUT2D eigenvalue weighted by Crippen LogP contribution is 2.23. The highest BCUT2D eigenvalue weighted by atomic mass is 32.1. The van der Waals surface area contributed by atoms with Crippen LogP contribution in [0.2, 0.25) is 0 Å². The molecular formula is C13H18N2S. The van der Waals surface area contributed by atoms with Crippen molar-refractivity contribution < 1.29 is 0 Å². The molecule has 0 amide bonds. The van der Waals surface area contributed by atoms with E-state index in [2.05, 4.69) is 11.4 Å².